The fourth-order valence-electron chi connectivity index (χ4n) is 1.31. The summed E-state index contributed by atoms with van der Waals surface area (Å²) in [5.74, 6) is 1.78. The van der Waals surface area contributed by atoms with Crippen LogP contribution in [0.25, 0.3) is 0 Å². The standard InChI is InChI=1S/C10H15N3O/c1-7-6-12-10(11)13-9(7)14-5-4-8-2-3-8/h6,8H,2-5H2,1H3,(H2,11,12,13). The van der Waals surface area contributed by atoms with Crippen LogP contribution >= 0.6 is 0 Å². The Hall–Kier alpha value is -1.32. The number of anilines is 1. The molecule has 0 amide bonds. The lowest BCUT2D eigenvalue weighted by Crippen LogP contribution is -2.04. The summed E-state index contributed by atoms with van der Waals surface area (Å²) in [7, 11) is 0. The molecule has 2 rings (SSSR count). The van der Waals surface area contributed by atoms with Crippen LogP contribution in [0.4, 0.5) is 5.95 Å². The van der Waals surface area contributed by atoms with Gasteiger partial charge in [0.15, 0.2) is 0 Å². The Morgan fingerprint density at radius 1 is 1.57 bits per heavy atom. The third-order valence-corrected chi connectivity index (χ3v) is 2.41. The highest BCUT2D eigenvalue weighted by Gasteiger charge is 2.20. The third kappa shape index (κ3) is 2.34. The van der Waals surface area contributed by atoms with Crippen molar-refractivity contribution < 1.29 is 4.74 Å². The van der Waals surface area contributed by atoms with Crippen LogP contribution in [-0.4, -0.2) is 16.6 Å². The fourth-order valence-corrected chi connectivity index (χ4v) is 1.31. The number of nitrogen functional groups attached to an aromatic ring is 1. The van der Waals surface area contributed by atoms with Crippen molar-refractivity contribution in [2.24, 2.45) is 5.92 Å². The van der Waals surface area contributed by atoms with Gasteiger partial charge in [-0.2, -0.15) is 4.98 Å². The van der Waals surface area contributed by atoms with Crippen molar-refractivity contribution in [3.63, 3.8) is 0 Å². The van der Waals surface area contributed by atoms with E-state index >= 15 is 0 Å². The van der Waals surface area contributed by atoms with E-state index in [1.54, 1.807) is 6.20 Å². The molecule has 2 N–H and O–H groups in total. The molecule has 4 nitrogen and oxygen atoms in total. The summed E-state index contributed by atoms with van der Waals surface area (Å²) < 4.78 is 5.54. The largest absolute Gasteiger partial charge is 0.477 e. The second kappa shape index (κ2) is 3.82. The first-order valence-electron chi connectivity index (χ1n) is 4.97. The minimum absolute atomic E-state index is 0.275. The van der Waals surface area contributed by atoms with Gasteiger partial charge < -0.3 is 10.5 Å². The van der Waals surface area contributed by atoms with Crippen molar-refractivity contribution in [2.75, 3.05) is 12.3 Å². The van der Waals surface area contributed by atoms with Crippen LogP contribution < -0.4 is 10.5 Å². The Labute approximate surface area is 83.5 Å². The fraction of sp³-hybridized carbons (Fsp3) is 0.600. The van der Waals surface area contributed by atoms with Gasteiger partial charge in [-0.15, -0.1) is 0 Å². The Morgan fingerprint density at radius 2 is 2.36 bits per heavy atom. The molecule has 0 aromatic carbocycles. The van der Waals surface area contributed by atoms with E-state index in [2.05, 4.69) is 9.97 Å². The monoisotopic (exact) mass is 193 g/mol. The van der Waals surface area contributed by atoms with E-state index in [0.717, 1.165) is 24.5 Å². The van der Waals surface area contributed by atoms with Crippen molar-refractivity contribution in [3.05, 3.63) is 11.8 Å². The van der Waals surface area contributed by atoms with Crippen molar-refractivity contribution >= 4 is 5.95 Å². The molecule has 4 heteroatoms. The first kappa shape index (κ1) is 9.24. The number of ether oxygens (including phenoxy) is 1. The second-order valence-corrected chi connectivity index (χ2v) is 3.80. The Morgan fingerprint density at radius 3 is 3.07 bits per heavy atom. The zero-order valence-electron chi connectivity index (χ0n) is 8.36. The van der Waals surface area contributed by atoms with E-state index in [1.807, 2.05) is 6.92 Å². The zero-order chi connectivity index (χ0) is 9.97. The average Bonchev–Trinajstić information content (AvgIpc) is 2.95. The van der Waals surface area contributed by atoms with E-state index in [4.69, 9.17) is 10.5 Å². The third-order valence-electron chi connectivity index (χ3n) is 2.41. The Kier molecular flexibility index (Phi) is 2.52. The van der Waals surface area contributed by atoms with E-state index in [-0.39, 0.29) is 5.95 Å². The maximum absolute atomic E-state index is 5.54. The highest BCUT2D eigenvalue weighted by molar-refractivity contribution is 5.28. The van der Waals surface area contributed by atoms with Gasteiger partial charge in [0.05, 0.1) is 6.61 Å². The van der Waals surface area contributed by atoms with Crippen LogP contribution in [0.15, 0.2) is 6.20 Å². The first-order chi connectivity index (χ1) is 6.75. The van der Waals surface area contributed by atoms with Gasteiger partial charge in [0.25, 0.3) is 0 Å². The number of hydrogen-bond acceptors (Lipinski definition) is 4. The van der Waals surface area contributed by atoms with E-state index in [0.29, 0.717) is 5.88 Å². The summed E-state index contributed by atoms with van der Waals surface area (Å²) >= 11 is 0. The zero-order valence-corrected chi connectivity index (χ0v) is 8.36. The molecule has 1 aromatic heterocycles. The average molecular weight is 193 g/mol. The molecule has 0 unspecified atom stereocenters. The number of nitrogens with two attached hydrogens (primary N) is 1. The minimum atomic E-state index is 0.275. The summed E-state index contributed by atoms with van der Waals surface area (Å²) in [6, 6.07) is 0. The van der Waals surface area contributed by atoms with E-state index in [9.17, 15) is 0 Å². The van der Waals surface area contributed by atoms with Crippen LogP contribution in [0.1, 0.15) is 24.8 Å². The van der Waals surface area contributed by atoms with Crippen molar-refractivity contribution in [1.29, 1.82) is 0 Å². The lowest BCUT2D eigenvalue weighted by atomic mass is 10.3. The van der Waals surface area contributed by atoms with Crippen LogP contribution in [0.5, 0.6) is 5.88 Å². The molecular weight excluding hydrogens is 178 g/mol. The number of aromatic nitrogens is 2. The summed E-state index contributed by atoms with van der Waals surface area (Å²) in [4.78, 5) is 7.92. The summed E-state index contributed by atoms with van der Waals surface area (Å²) in [5.41, 5.74) is 6.41. The number of hydrogen-bond donors (Lipinski definition) is 1. The number of nitrogens with zero attached hydrogens (tertiary/aromatic N) is 2. The van der Waals surface area contributed by atoms with E-state index in [1.165, 1.54) is 12.8 Å². The second-order valence-electron chi connectivity index (χ2n) is 3.80. The minimum Gasteiger partial charge on any atom is -0.477 e. The van der Waals surface area contributed by atoms with Crippen molar-refractivity contribution in [1.82, 2.24) is 9.97 Å². The molecule has 76 valence electrons. The van der Waals surface area contributed by atoms with Gasteiger partial charge in [-0.05, 0) is 19.3 Å². The summed E-state index contributed by atoms with van der Waals surface area (Å²) in [6.07, 6.45) is 5.53. The van der Waals surface area contributed by atoms with Gasteiger partial charge in [-0.25, -0.2) is 4.98 Å². The van der Waals surface area contributed by atoms with Crippen molar-refractivity contribution in [2.45, 2.75) is 26.2 Å². The lowest BCUT2D eigenvalue weighted by molar-refractivity contribution is 0.289. The molecule has 0 radical (unpaired) electrons. The molecule has 1 heterocycles. The van der Waals surface area contributed by atoms with Gasteiger partial charge >= 0.3 is 0 Å². The molecular formula is C10H15N3O. The molecule has 1 aliphatic rings. The quantitative estimate of drug-likeness (QED) is 0.788. The lowest BCUT2D eigenvalue weighted by Gasteiger charge is -2.07. The van der Waals surface area contributed by atoms with Gasteiger partial charge in [-0.3, -0.25) is 0 Å². The molecule has 0 aliphatic heterocycles. The van der Waals surface area contributed by atoms with Crippen LogP contribution in [0, 0.1) is 12.8 Å². The molecule has 14 heavy (non-hydrogen) atoms. The Balaban J connectivity index is 1.89. The predicted molar refractivity (Wildman–Crippen MR) is 54.0 cm³/mol. The van der Waals surface area contributed by atoms with Gasteiger partial charge in [0, 0.05) is 11.8 Å². The summed E-state index contributed by atoms with van der Waals surface area (Å²) in [5, 5.41) is 0. The van der Waals surface area contributed by atoms with Crippen molar-refractivity contribution in [3.8, 4) is 5.88 Å². The molecule has 1 aliphatic carbocycles. The maximum Gasteiger partial charge on any atom is 0.223 e. The maximum atomic E-state index is 5.54. The van der Waals surface area contributed by atoms with Crippen LogP contribution in [0.3, 0.4) is 0 Å². The highest BCUT2D eigenvalue weighted by Crippen LogP contribution is 2.32. The highest BCUT2D eigenvalue weighted by atomic mass is 16.5. The topological polar surface area (TPSA) is 61.0 Å². The molecule has 0 spiro atoms. The normalized spacial score (nSPS) is 15.5. The molecule has 1 saturated carbocycles. The first-order valence-corrected chi connectivity index (χ1v) is 4.97. The van der Waals surface area contributed by atoms with Crippen LogP contribution in [-0.2, 0) is 0 Å². The van der Waals surface area contributed by atoms with Gasteiger partial charge in [0.2, 0.25) is 11.8 Å². The molecule has 0 atom stereocenters. The number of rotatable bonds is 4. The molecule has 1 aromatic rings. The summed E-state index contributed by atoms with van der Waals surface area (Å²) in [6.45, 7) is 2.66. The van der Waals surface area contributed by atoms with Gasteiger partial charge in [0.1, 0.15) is 0 Å². The smallest absolute Gasteiger partial charge is 0.223 e. The SMILES string of the molecule is Cc1cnc(N)nc1OCCC1CC1. The predicted octanol–water partition coefficient (Wildman–Crippen LogP) is 1.55. The van der Waals surface area contributed by atoms with Crippen LogP contribution in [0.2, 0.25) is 0 Å². The molecule has 0 saturated heterocycles. The number of aryl methyl sites for hydroxylation is 1. The molecule has 0 bridgehead atoms. The Bertz CT molecular complexity index is 323. The van der Waals surface area contributed by atoms with Gasteiger partial charge in [-0.1, -0.05) is 12.8 Å². The van der Waals surface area contributed by atoms with E-state index < -0.39 is 0 Å². The molecule has 1 fully saturated rings.